The van der Waals surface area contributed by atoms with Crippen LogP contribution in [-0.4, -0.2) is 132 Å². The first kappa shape index (κ1) is 43.9. The third-order valence-corrected chi connectivity index (χ3v) is 11.2. The van der Waals surface area contributed by atoms with Crippen LogP contribution in [0.2, 0.25) is 0 Å². The number of aliphatic hydroxyl groups is 2. The lowest BCUT2D eigenvalue weighted by atomic mass is 9.87. The molecule has 2 amide bonds. The van der Waals surface area contributed by atoms with Crippen LogP contribution in [0.5, 0.6) is 0 Å². The Bertz CT molecular complexity index is 1840. The molecule has 2 aromatic heterocycles. The fraction of sp³-hybridized carbons (Fsp3) is 0.696. The number of hydrogen-bond acceptors (Lipinski definition) is 18. The molecule has 0 bridgehead atoms. The quantitative estimate of drug-likeness (QED) is 0.0507. The maximum absolute atomic E-state index is 12.6. The number of nitrogens with zero attached hydrogens (tertiary/aromatic N) is 4. The summed E-state index contributed by atoms with van der Waals surface area (Å²) in [6.07, 6.45) is -5.78. The van der Waals surface area contributed by atoms with Gasteiger partial charge in [0.2, 0.25) is 11.8 Å². The number of carbonyl (C=O) groups is 2. The highest BCUT2D eigenvalue weighted by Gasteiger charge is 2.50. The van der Waals surface area contributed by atoms with E-state index in [1.54, 1.807) is 0 Å². The first-order valence-corrected chi connectivity index (χ1v) is 21.5. The number of fused-ring (bicyclic) bond motifs is 1. The van der Waals surface area contributed by atoms with Crippen LogP contribution in [0.1, 0.15) is 32.9 Å². The van der Waals surface area contributed by atoms with E-state index < -0.39 is 94.4 Å². The van der Waals surface area contributed by atoms with Gasteiger partial charge in [-0.1, -0.05) is 13.8 Å². The highest BCUT2D eigenvalue weighted by atomic mass is 32.2. The van der Waals surface area contributed by atoms with Crippen LogP contribution in [0.3, 0.4) is 0 Å². The van der Waals surface area contributed by atoms with Gasteiger partial charge in [-0.05, 0) is 6.42 Å². The van der Waals surface area contributed by atoms with E-state index in [1.807, 2.05) is 0 Å². The van der Waals surface area contributed by atoms with E-state index in [0.717, 1.165) is 23.5 Å². The number of nitrogens with one attached hydrogen (secondary N) is 2. The van der Waals surface area contributed by atoms with Crippen molar-refractivity contribution < 1.29 is 84.1 Å². The number of anilines is 1. The van der Waals surface area contributed by atoms with Gasteiger partial charge in [-0.3, -0.25) is 27.7 Å². The van der Waals surface area contributed by atoms with Gasteiger partial charge in [-0.25, -0.2) is 37.1 Å². The van der Waals surface area contributed by atoms with Gasteiger partial charge in [-0.2, -0.15) is 4.31 Å². The predicted octanol–water partition coefficient (Wildman–Crippen LogP) is -2.16. The zero-order chi connectivity index (χ0) is 39.3. The Balaban J connectivity index is 1.54. The van der Waals surface area contributed by atoms with E-state index >= 15 is 0 Å². The summed E-state index contributed by atoms with van der Waals surface area (Å²) >= 11 is 0. The molecule has 2 unspecified atom stereocenters. The van der Waals surface area contributed by atoms with Crippen molar-refractivity contribution in [3.63, 3.8) is 0 Å². The molecule has 3 rings (SSSR count). The summed E-state index contributed by atoms with van der Waals surface area (Å²) < 4.78 is 84.1. The zero-order valence-electron chi connectivity index (χ0n) is 27.7. The molecule has 2 aromatic rings. The fourth-order valence-corrected chi connectivity index (χ4v) is 8.00. The number of carbonyl (C=O) groups excluding carboxylic acids is 2. The molecule has 29 heteroatoms. The number of nitrogen functional groups attached to an aromatic ring is 1. The predicted molar refractivity (Wildman–Crippen MR) is 174 cm³/mol. The Hall–Kier alpha value is -2.51. The van der Waals surface area contributed by atoms with Crippen LogP contribution in [0.4, 0.5) is 5.82 Å². The minimum absolute atomic E-state index is 0.0244. The molecular weight excluding hydrogens is 787 g/mol. The van der Waals surface area contributed by atoms with Crippen molar-refractivity contribution in [2.45, 2.75) is 57.3 Å². The van der Waals surface area contributed by atoms with Gasteiger partial charge in [0.25, 0.3) is 0 Å². The summed E-state index contributed by atoms with van der Waals surface area (Å²) in [5, 5.41) is 26.1. The summed E-state index contributed by atoms with van der Waals surface area (Å²) in [4.78, 5) is 75.0. The Morgan fingerprint density at radius 1 is 1.08 bits per heavy atom. The minimum Gasteiger partial charge on any atom is -0.386 e. The Morgan fingerprint density at radius 3 is 2.37 bits per heavy atom. The van der Waals surface area contributed by atoms with Crippen LogP contribution >= 0.6 is 23.5 Å². The van der Waals surface area contributed by atoms with Crippen LogP contribution in [-0.2, 0) is 55.7 Å². The lowest BCUT2D eigenvalue weighted by molar-refractivity contribution is -0.137. The number of aliphatic hydroxyl groups excluding tert-OH is 2. The molecule has 1 aliphatic rings. The molecular formula is C23H40N7O18P3S. The second-order valence-electron chi connectivity index (χ2n) is 12.1. The standard InChI is InChI=1S/C23H40N7O18P3S/c1-23(2,18(33)21(34)26-7-5-14(31)25-6-4-8-52(3,42)43)10-45-51(40,41)48-50(38,39)44-9-13-17(47-49(35,36)37)16(32)22(46-13)30-12-29-15-19(24)27-11-28-20(15)30/h11-13,16-18,22,32-33H,4-10H2,1-3H3,(H,25,31)(H,26,34)(H,38,39)(H,40,41)(H2,24,27,28)(H2,35,36,37)/t13-,16-,17-,18+,22-/m1/s1. The van der Waals surface area contributed by atoms with E-state index in [1.165, 1.54) is 13.8 Å². The third kappa shape index (κ3) is 13.1. The minimum atomic E-state index is -5.57. The number of phosphoric ester groups is 3. The largest absolute Gasteiger partial charge is 0.481 e. The van der Waals surface area contributed by atoms with Crippen molar-refractivity contribution in [1.29, 1.82) is 0 Å². The Kier molecular flexibility index (Phi) is 14.6. The zero-order valence-corrected chi connectivity index (χ0v) is 31.2. The summed E-state index contributed by atoms with van der Waals surface area (Å²) in [5.41, 5.74) is 4.22. The average molecular weight is 828 g/mol. The van der Waals surface area contributed by atoms with Gasteiger partial charge in [0.05, 0.1) is 25.3 Å². The molecule has 1 fully saturated rings. The van der Waals surface area contributed by atoms with Crippen molar-refractivity contribution in [2.24, 2.45) is 5.41 Å². The second-order valence-corrected chi connectivity index (χ2v) is 18.5. The number of hydrogen-bond donors (Lipinski definition) is 9. The van der Waals surface area contributed by atoms with Crippen molar-refractivity contribution in [1.82, 2.24) is 30.2 Å². The number of sulfone groups is 1. The Morgan fingerprint density at radius 2 is 1.73 bits per heavy atom. The van der Waals surface area contributed by atoms with Crippen molar-refractivity contribution in [2.75, 3.05) is 44.0 Å². The molecule has 296 valence electrons. The van der Waals surface area contributed by atoms with Crippen LogP contribution in [0.25, 0.3) is 11.2 Å². The van der Waals surface area contributed by atoms with Crippen LogP contribution in [0.15, 0.2) is 12.7 Å². The molecule has 25 nitrogen and oxygen atoms in total. The SMILES string of the molecule is CC(C)(COP(=O)(O)OP(=O)(O)OC[C@H]1O[C@@H](n2cnc3c(N)ncnc32)[C@H](O)[C@@H]1OP(=O)(O)O)[C@@H](O)C(=O)NCCC(=O)NCCCS(C)(=O)=O. The number of nitrogens with two attached hydrogens (primary N) is 1. The fourth-order valence-electron chi connectivity index (χ4n) is 4.50. The summed E-state index contributed by atoms with van der Waals surface area (Å²) in [5.74, 6) is -1.69. The highest BCUT2D eigenvalue weighted by Crippen LogP contribution is 2.61. The number of rotatable bonds is 20. The monoisotopic (exact) mass is 827 g/mol. The maximum Gasteiger partial charge on any atom is 0.481 e. The van der Waals surface area contributed by atoms with E-state index in [9.17, 15) is 61.5 Å². The second kappa shape index (κ2) is 17.3. The molecule has 0 radical (unpaired) electrons. The van der Waals surface area contributed by atoms with E-state index in [0.29, 0.717) is 0 Å². The topological polar surface area (TPSA) is 381 Å². The van der Waals surface area contributed by atoms with Gasteiger partial charge in [-0.15, -0.1) is 0 Å². The summed E-state index contributed by atoms with van der Waals surface area (Å²) in [6, 6.07) is 0. The van der Waals surface area contributed by atoms with E-state index in [2.05, 4.69) is 34.4 Å². The van der Waals surface area contributed by atoms with Crippen LogP contribution in [0, 0.1) is 5.41 Å². The van der Waals surface area contributed by atoms with Crippen molar-refractivity contribution in [3.8, 4) is 0 Å². The maximum atomic E-state index is 12.6. The van der Waals surface area contributed by atoms with Gasteiger partial charge in [0, 0.05) is 31.2 Å². The normalized spacial score (nSPS) is 22.8. The first-order valence-electron chi connectivity index (χ1n) is 14.9. The highest BCUT2D eigenvalue weighted by molar-refractivity contribution is 7.90. The number of phosphoric acid groups is 3. The molecule has 0 aliphatic carbocycles. The first-order chi connectivity index (χ1) is 23.8. The molecule has 3 heterocycles. The van der Waals surface area contributed by atoms with Crippen LogP contribution < -0.4 is 16.4 Å². The number of amides is 2. The average Bonchev–Trinajstić information content (AvgIpc) is 3.56. The van der Waals surface area contributed by atoms with E-state index in [4.69, 9.17) is 19.5 Å². The Labute approximate surface area is 295 Å². The van der Waals surface area contributed by atoms with Crippen molar-refractivity contribution >= 4 is 62.1 Å². The number of ether oxygens (including phenoxy) is 1. The lowest BCUT2D eigenvalue weighted by Crippen LogP contribution is -2.46. The van der Waals surface area contributed by atoms with Crippen molar-refractivity contribution in [3.05, 3.63) is 12.7 Å². The molecule has 1 aliphatic heterocycles. The molecule has 0 saturated carbocycles. The molecule has 52 heavy (non-hydrogen) atoms. The van der Waals surface area contributed by atoms with E-state index in [-0.39, 0.29) is 48.7 Å². The molecule has 0 aromatic carbocycles. The number of aromatic nitrogens is 4. The summed E-state index contributed by atoms with van der Waals surface area (Å²) in [6.45, 7) is 0.263. The van der Waals surface area contributed by atoms with Gasteiger partial charge < -0.3 is 50.9 Å². The molecule has 7 atom stereocenters. The third-order valence-electron chi connectivity index (χ3n) is 7.09. The van der Waals surface area contributed by atoms with Gasteiger partial charge in [0.1, 0.15) is 46.1 Å². The van der Waals surface area contributed by atoms with Gasteiger partial charge in [0.15, 0.2) is 17.7 Å². The summed E-state index contributed by atoms with van der Waals surface area (Å²) in [7, 11) is -19.6. The molecule has 0 spiro atoms. The number of imidazole rings is 1. The van der Waals surface area contributed by atoms with Gasteiger partial charge >= 0.3 is 23.5 Å². The smallest absolute Gasteiger partial charge is 0.386 e. The molecule has 10 N–H and O–H groups in total. The lowest BCUT2D eigenvalue weighted by Gasteiger charge is -2.30. The molecule has 1 saturated heterocycles.